The Morgan fingerprint density at radius 2 is 1.84 bits per heavy atom. The second-order valence-electron chi connectivity index (χ2n) is 8.76. The summed E-state index contributed by atoms with van der Waals surface area (Å²) in [6, 6.07) is 10.1. The SMILES string of the molecule is CCCCN1C(=O)[C@@H]2[C@@H](C1=O)[C@@]1(N[C@@H]2Cc2ccc(O)cc2)C(=O)Nc2ccc(F)cc21. The van der Waals surface area contributed by atoms with Crippen LogP contribution < -0.4 is 10.6 Å². The topological polar surface area (TPSA) is 98.7 Å². The molecular weight excluding hydrogens is 413 g/mol. The van der Waals surface area contributed by atoms with Crippen LogP contribution in [0.5, 0.6) is 5.75 Å². The van der Waals surface area contributed by atoms with Crippen LogP contribution in [0.2, 0.25) is 0 Å². The highest BCUT2D eigenvalue weighted by Gasteiger charge is 2.70. The number of carbonyl (C=O) groups is 3. The summed E-state index contributed by atoms with van der Waals surface area (Å²) in [6.07, 6.45) is 1.88. The zero-order valence-electron chi connectivity index (χ0n) is 17.6. The summed E-state index contributed by atoms with van der Waals surface area (Å²) in [5.74, 6) is -3.20. The van der Waals surface area contributed by atoms with Crippen LogP contribution in [0.3, 0.4) is 0 Å². The number of hydrogen-bond donors (Lipinski definition) is 3. The Morgan fingerprint density at radius 1 is 1.09 bits per heavy atom. The maximum absolute atomic E-state index is 14.2. The van der Waals surface area contributed by atoms with Crippen LogP contribution in [0.25, 0.3) is 0 Å². The van der Waals surface area contributed by atoms with Gasteiger partial charge >= 0.3 is 0 Å². The highest BCUT2D eigenvalue weighted by Crippen LogP contribution is 2.53. The van der Waals surface area contributed by atoms with Crippen molar-refractivity contribution in [2.75, 3.05) is 11.9 Å². The van der Waals surface area contributed by atoms with E-state index in [1.165, 1.54) is 23.1 Å². The molecule has 0 saturated carbocycles. The molecule has 3 aliphatic heterocycles. The number of anilines is 1. The maximum atomic E-state index is 14.2. The Balaban J connectivity index is 1.61. The number of benzene rings is 2. The first-order chi connectivity index (χ1) is 15.4. The lowest BCUT2D eigenvalue weighted by Crippen LogP contribution is -2.53. The van der Waals surface area contributed by atoms with E-state index in [0.717, 1.165) is 12.0 Å². The first-order valence-corrected chi connectivity index (χ1v) is 10.9. The molecule has 7 nitrogen and oxygen atoms in total. The van der Waals surface area contributed by atoms with Gasteiger partial charge in [0.25, 0.3) is 0 Å². The molecule has 3 amide bonds. The van der Waals surface area contributed by atoms with Crippen LogP contribution in [0, 0.1) is 17.7 Å². The molecule has 3 N–H and O–H groups in total. The average Bonchev–Trinajstić information content (AvgIpc) is 3.34. The van der Waals surface area contributed by atoms with Gasteiger partial charge in [0.05, 0.1) is 11.8 Å². The van der Waals surface area contributed by atoms with E-state index in [1.807, 2.05) is 6.92 Å². The van der Waals surface area contributed by atoms with Crippen molar-refractivity contribution >= 4 is 23.4 Å². The Hall–Kier alpha value is -3.26. The van der Waals surface area contributed by atoms with E-state index in [9.17, 15) is 23.9 Å². The standard InChI is InChI=1S/C24H24FN3O4/c1-2-3-10-28-21(30)19-18(11-13-4-7-15(29)8-5-13)27-24(20(19)22(28)31)16-12-14(25)6-9-17(16)26-23(24)32/h4-9,12,18-20,27,29H,2-3,10-11H2,1H3,(H,26,32)/t18-,19+,20+,24-/m1/s1. The van der Waals surface area contributed by atoms with E-state index in [2.05, 4.69) is 10.6 Å². The molecule has 2 fully saturated rings. The van der Waals surface area contributed by atoms with Gasteiger partial charge in [-0.15, -0.1) is 0 Å². The molecule has 1 spiro atoms. The largest absolute Gasteiger partial charge is 0.508 e. The van der Waals surface area contributed by atoms with Gasteiger partial charge < -0.3 is 10.4 Å². The number of nitrogens with zero attached hydrogens (tertiary/aromatic N) is 1. The van der Waals surface area contributed by atoms with E-state index < -0.39 is 35.1 Å². The number of likely N-dealkylation sites (tertiary alicyclic amines) is 1. The van der Waals surface area contributed by atoms with Crippen molar-refractivity contribution < 1.29 is 23.9 Å². The molecule has 8 heteroatoms. The summed E-state index contributed by atoms with van der Waals surface area (Å²) < 4.78 is 14.2. The van der Waals surface area contributed by atoms with E-state index >= 15 is 0 Å². The minimum Gasteiger partial charge on any atom is -0.508 e. The molecule has 3 heterocycles. The summed E-state index contributed by atoms with van der Waals surface area (Å²) in [6.45, 7) is 2.28. The Labute approximate surface area is 184 Å². The van der Waals surface area contributed by atoms with Gasteiger partial charge in [-0.1, -0.05) is 25.5 Å². The first-order valence-electron chi connectivity index (χ1n) is 10.9. The van der Waals surface area contributed by atoms with Gasteiger partial charge in [0.1, 0.15) is 17.1 Å². The number of phenols is 1. The fourth-order valence-electron chi connectivity index (χ4n) is 5.43. The quantitative estimate of drug-likeness (QED) is 0.624. The number of aromatic hydroxyl groups is 1. The fraction of sp³-hybridized carbons (Fsp3) is 0.375. The van der Waals surface area contributed by atoms with E-state index in [0.29, 0.717) is 30.6 Å². The van der Waals surface area contributed by atoms with Crippen LogP contribution in [0.1, 0.15) is 30.9 Å². The molecule has 0 radical (unpaired) electrons. The van der Waals surface area contributed by atoms with Gasteiger partial charge in [0.15, 0.2) is 0 Å². The number of amides is 3. The van der Waals surface area contributed by atoms with E-state index in [-0.39, 0.29) is 17.6 Å². The van der Waals surface area contributed by atoms with E-state index in [4.69, 9.17) is 0 Å². The predicted octanol–water partition coefficient (Wildman–Crippen LogP) is 2.29. The van der Waals surface area contributed by atoms with Gasteiger partial charge in [-0.05, 0) is 48.7 Å². The second-order valence-corrected chi connectivity index (χ2v) is 8.76. The molecule has 5 rings (SSSR count). The smallest absolute Gasteiger partial charge is 0.250 e. The lowest BCUT2D eigenvalue weighted by atomic mass is 9.76. The number of fused-ring (bicyclic) bond motifs is 4. The number of imide groups is 1. The molecule has 32 heavy (non-hydrogen) atoms. The average molecular weight is 437 g/mol. The monoisotopic (exact) mass is 437 g/mol. The zero-order valence-corrected chi connectivity index (χ0v) is 17.6. The van der Waals surface area contributed by atoms with Crippen LogP contribution >= 0.6 is 0 Å². The predicted molar refractivity (Wildman–Crippen MR) is 114 cm³/mol. The lowest BCUT2D eigenvalue weighted by molar-refractivity contribution is -0.142. The third-order valence-corrected chi connectivity index (χ3v) is 6.90. The number of phenolic OH excluding ortho intramolecular Hbond substituents is 1. The fourth-order valence-corrected chi connectivity index (χ4v) is 5.43. The number of nitrogens with one attached hydrogen (secondary N) is 2. The van der Waals surface area contributed by atoms with Gasteiger partial charge in [-0.3, -0.25) is 24.6 Å². The molecule has 2 aromatic rings. The molecule has 4 atom stereocenters. The first kappa shape index (κ1) is 20.6. The summed E-state index contributed by atoms with van der Waals surface area (Å²) in [7, 11) is 0. The van der Waals surface area contributed by atoms with Gasteiger partial charge in [0, 0.05) is 23.8 Å². The highest BCUT2D eigenvalue weighted by molar-refractivity contribution is 6.15. The third kappa shape index (κ3) is 2.86. The van der Waals surface area contributed by atoms with Crippen LogP contribution in [-0.2, 0) is 26.3 Å². The van der Waals surface area contributed by atoms with Crippen molar-refractivity contribution in [3.05, 3.63) is 59.4 Å². The molecule has 166 valence electrons. The molecule has 0 aliphatic carbocycles. The Bertz CT molecular complexity index is 1120. The van der Waals surface area contributed by atoms with E-state index in [1.54, 1.807) is 24.3 Å². The minimum atomic E-state index is -1.50. The number of carbonyl (C=O) groups excluding carboxylic acids is 3. The molecule has 3 aliphatic rings. The number of unbranched alkanes of at least 4 members (excludes halogenated alkanes) is 1. The van der Waals surface area contributed by atoms with Crippen molar-refractivity contribution in [2.45, 2.75) is 37.8 Å². The van der Waals surface area contributed by atoms with Crippen LogP contribution in [0.15, 0.2) is 42.5 Å². The number of rotatable bonds is 5. The Morgan fingerprint density at radius 3 is 2.56 bits per heavy atom. The Kier molecular flexibility index (Phi) is 4.78. The summed E-state index contributed by atoms with van der Waals surface area (Å²) in [5.41, 5.74) is 0.155. The maximum Gasteiger partial charge on any atom is 0.250 e. The van der Waals surface area contributed by atoms with Crippen LogP contribution in [-0.4, -0.2) is 40.3 Å². The van der Waals surface area contributed by atoms with Crippen molar-refractivity contribution in [1.29, 1.82) is 0 Å². The van der Waals surface area contributed by atoms with Gasteiger partial charge in [-0.2, -0.15) is 0 Å². The van der Waals surface area contributed by atoms with Crippen molar-refractivity contribution in [1.82, 2.24) is 10.2 Å². The highest BCUT2D eigenvalue weighted by atomic mass is 19.1. The lowest BCUT2D eigenvalue weighted by Gasteiger charge is -2.29. The second kappa shape index (κ2) is 7.41. The van der Waals surface area contributed by atoms with Gasteiger partial charge in [0.2, 0.25) is 17.7 Å². The number of hydrogen-bond acceptors (Lipinski definition) is 5. The third-order valence-electron chi connectivity index (χ3n) is 6.90. The summed E-state index contributed by atoms with van der Waals surface area (Å²) in [4.78, 5) is 41.5. The zero-order chi connectivity index (χ0) is 22.6. The normalized spacial score (nSPS) is 28.4. The number of halogens is 1. The minimum absolute atomic E-state index is 0.125. The molecular formula is C24H24FN3O4. The molecule has 2 saturated heterocycles. The van der Waals surface area contributed by atoms with Gasteiger partial charge in [-0.25, -0.2) is 4.39 Å². The molecule has 0 bridgehead atoms. The summed E-state index contributed by atoms with van der Waals surface area (Å²) >= 11 is 0. The van der Waals surface area contributed by atoms with Crippen molar-refractivity contribution in [3.63, 3.8) is 0 Å². The van der Waals surface area contributed by atoms with Crippen molar-refractivity contribution in [3.8, 4) is 5.75 Å². The van der Waals surface area contributed by atoms with Crippen LogP contribution in [0.4, 0.5) is 10.1 Å². The molecule has 0 aromatic heterocycles. The van der Waals surface area contributed by atoms with Crippen molar-refractivity contribution in [2.24, 2.45) is 11.8 Å². The molecule has 2 aromatic carbocycles. The molecule has 0 unspecified atom stereocenters. The summed E-state index contributed by atoms with van der Waals surface area (Å²) in [5, 5.41) is 15.7.